The van der Waals surface area contributed by atoms with Crippen LogP contribution in [0.25, 0.3) is 0 Å². The minimum atomic E-state index is -4.85. The van der Waals surface area contributed by atoms with Crippen LogP contribution in [0, 0.1) is 5.92 Å². The molecule has 0 aromatic heterocycles. The molecule has 10 heteroatoms. The van der Waals surface area contributed by atoms with Crippen molar-refractivity contribution in [1.82, 2.24) is 0 Å². The average Bonchev–Trinajstić information content (AvgIpc) is 3.06. The summed E-state index contributed by atoms with van der Waals surface area (Å²) in [5.74, 6) is -1.19. The molecular weight excluding hydrogens is 427 g/mol. The van der Waals surface area contributed by atoms with E-state index >= 15 is 0 Å². The maximum Gasteiger partial charge on any atom is 0.573 e. The average molecular weight is 451 g/mol. The Labute approximate surface area is 183 Å². The van der Waals surface area contributed by atoms with Crippen LogP contribution in [0.3, 0.4) is 0 Å². The predicted octanol–water partition coefficient (Wildman–Crippen LogP) is 4.94. The predicted molar refractivity (Wildman–Crippen MR) is 113 cm³/mol. The molecule has 2 aliphatic rings. The number of nitrogens with one attached hydrogen (secondary N) is 1. The van der Waals surface area contributed by atoms with Crippen LogP contribution in [0.5, 0.6) is 5.75 Å². The number of carbonyl (C=O) groups is 2. The Hall–Kier alpha value is -3.43. The van der Waals surface area contributed by atoms with Crippen molar-refractivity contribution < 1.29 is 33.7 Å². The molecule has 1 saturated heterocycles. The molecule has 2 amide bonds. The van der Waals surface area contributed by atoms with E-state index in [0.717, 1.165) is 17.8 Å². The minimum Gasteiger partial charge on any atom is -0.441 e. The van der Waals surface area contributed by atoms with Gasteiger partial charge in [-0.2, -0.15) is 0 Å². The Morgan fingerprint density at radius 2 is 1.88 bits per heavy atom. The maximum atomic E-state index is 12.7. The summed E-state index contributed by atoms with van der Waals surface area (Å²) >= 11 is 0. The van der Waals surface area contributed by atoms with Crippen molar-refractivity contribution in [2.75, 3.05) is 22.5 Å². The zero-order valence-corrected chi connectivity index (χ0v) is 17.0. The first-order valence-corrected chi connectivity index (χ1v) is 10.2. The number of amides is 2. The molecule has 0 unspecified atom stereocenters. The lowest BCUT2D eigenvalue weighted by atomic mass is 9.78. The first-order valence-electron chi connectivity index (χ1n) is 10.2. The molecule has 1 aliphatic heterocycles. The van der Waals surface area contributed by atoms with Crippen LogP contribution in [0.1, 0.15) is 27.1 Å². The zero-order valence-electron chi connectivity index (χ0n) is 17.0. The molecule has 0 radical (unpaired) electrons. The van der Waals surface area contributed by atoms with Crippen molar-refractivity contribution in [1.29, 1.82) is 0 Å². The van der Waals surface area contributed by atoms with E-state index < -0.39 is 23.8 Å². The summed E-state index contributed by atoms with van der Waals surface area (Å²) in [4.78, 5) is 26.7. The number of rotatable bonds is 4. The molecule has 3 N–H and O–H groups in total. The van der Waals surface area contributed by atoms with Gasteiger partial charge in [0.25, 0.3) is 0 Å². The number of anilines is 3. The van der Waals surface area contributed by atoms with E-state index in [-0.39, 0.29) is 24.6 Å². The summed E-state index contributed by atoms with van der Waals surface area (Å²) in [5.41, 5.74) is 6.09. The van der Waals surface area contributed by atoms with Crippen molar-refractivity contribution in [3.63, 3.8) is 0 Å². The minimum absolute atomic E-state index is 0. The van der Waals surface area contributed by atoms with Gasteiger partial charge < -0.3 is 20.5 Å². The third kappa shape index (κ3) is 4.74. The molecule has 1 aliphatic carbocycles. The van der Waals surface area contributed by atoms with Crippen LogP contribution in [-0.4, -0.2) is 30.5 Å². The highest BCUT2D eigenvalue weighted by atomic mass is 19.4. The number of hydrogen-bond acceptors (Lipinski definition) is 5. The van der Waals surface area contributed by atoms with Crippen molar-refractivity contribution in [2.24, 2.45) is 5.92 Å². The Balaban J connectivity index is 0.00000306. The topological polar surface area (TPSA) is 93.9 Å². The summed E-state index contributed by atoms with van der Waals surface area (Å²) in [6.45, 7) is 0.411. The van der Waals surface area contributed by atoms with Gasteiger partial charge in [0, 0.05) is 19.1 Å². The van der Waals surface area contributed by atoms with E-state index in [1.165, 1.54) is 6.07 Å². The largest absolute Gasteiger partial charge is 0.573 e. The van der Waals surface area contributed by atoms with E-state index in [0.29, 0.717) is 32.2 Å². The normalized spacial score (nSPS) is 23.2. The number of para-hydroxylation sites is 1. The summed E-state index contributed by atoms with van der Waals surface area (Å²) < 4.78 is 46.9. The van der Waals surface area contributed by atoms with Gasteiger partial charge in [0.2, 0.25) is 5.91 Å². The number of hydrogen-bond donors (Lipinski definition) is 2. The molecule has 1 spiro atoms. The number of nitrogens with two attached hydrogens (primary N) is 1. The highest BCUT2D eigenvalue weighted by Gasteiger charge is 2.48. The quantitative estimate of drug-likeness (QED) is 0.643. The molecule has 4 rings (SSSR count). The second kappa shape index (κ2) is 8.25. The van der Waals surface area contributed by atoms with Crippen LogP contribution in [0.15, 0.2) is 48.5 Å². The lowest BCUT2D eigenvalue weighted by Crippen LogP contribution is -2.41. The maximum absolute atomic E-state index is 12.7. The van der Waals surface area contributed by atoms with Gasteiger partial charge in [-0.25, -0.2) is 4.79 Å². The van der Waals surface area contributed by atoms with E-state index in [1.54, 1.807) is 4.90 Å². The first-order chi connectivity index (χ1) is 15.1. The van der Waals surface area contributed by atoms with Crippen LogP contribution >= 0.6 is 0 Å². The Bertz CT molecular complexity index is 1010. The van der Waals surface area contributed by atoms with E-state index in [4.69, 9.17) is 10.5 Å². The van der Waals surface area contributed by atoms with Gasteiger partial charge in [0.1, 0.15) is 11.4 Å². The Kier molecular flexibility index (Phi) is 5.62. The molecule has 0 atom stereocenters. The molecule has 1 heterocycles. The number of benzene rings is 2. The molecule has 2 aromatic carbocycles. The van der Waals surface area contributed by atoms with Gasteiger partial charge in [-0.15, -0.1) is 13.2 Å². The summed E-state index contributed by atoms with van der Waals surface area (Å²) in [7, 11) is 0. The van der Waals surface area contributed by atoms with Crippen LogP contribution < -0.4 is 20.7 Å². The van der Waals surface area contributed by atoms with Gasteiger partial charge in [0.05, 0.1) is 17.9 Å². The molecule has 32 heavy (non-hydrogen) atoms. The fourth-order valence-corrected chi connectivity index (χ4v) is 4.17. The standard InChI is InChI=1S/C22H22F3N3O4.H2/c23-22(24,25)31-16-6-7-17(26)18(12-16)27-19(29)14-8-10-21(11-9-14)13-28(20(30)32-21)15-4-2-1-3-5-15;/h1-7,12,14H,8-11,13,26H2,(H,27,29);1H. The number of carbonyl (C=O) groups excluding carboxylic acids is 2. The Morgan fingerprint density at radius 3 is 2.53 bits per heavy atom. The molecule has 2 aromatic rings. The Morgan fingerprint density at radius 1 is 1.19 bits per heavy atom. The molecule has 1 saturated carbocycles. The van der Waals surface area contributed by atoms with Crippen LogP contribution in [0.2, 0.25) is 0 Å². The smallest absolute Gasteiger partial charge is 0.441 e. The number of nitrogens with zero attached hydrogens (tertiary/aromatic N) is 1. The van der Waals surface area contributed by atoms with Crippen molar-refractivity contribution in [2.45, 2.75) is 37.6 Å². The molecule has 7 nitrogen and oxygen atoms in total. The number of nitrogen functional groups attached to an aromatic ring is 1. The summed E-state index contributed by atoms with van der Waals surface area (Å²) in [6, 6.07) is 12.6. The van der Waals surface area contributed by atoms with E-state index in [2.05, 4.69) is 10.1 Å². The second-order valence-corrected chi connectivity index (χ2v) is 8.03. The van der Waals surface area contributed by atoms with Crippen molar-refractivity contribution in [3.8, 4) is 5.75 Å². The lowest BCUT2D eigenvalue weighted by Gasteiger charge is -2.34. The van der Waals surface area contributed by atoms with Crippen LogP contribution in [-0.2, 0) is 9.53 Å². The molecule has 0 bridgehead atoms. The molecule has 172 valence electrons. The van der Waals surface area contributed by atoms with Crippen molar-refractivity contribution >= 4 is 29.1 Å². The third-order valence-corrected chi connectivity index (χ3v) is 5.82. The fraction of sp³-hybridized carbons (Fsp3) is 0.364. The van der Waals surface area contributed by atoms with Gasteiger partial charge in [-0.1, -0.05) is 18.2 Å². The van der Waals surface area contributed by atoms with Gasteiger partial charge in [-0.3, -0.25) is 9.69 Å². The second-order valence-electron chi connectivity index (χ2n) is 8.03. The van der Waals surface area contributed by atoms with Gasteiger partial charge in [-0.05, 0) is 49.9 Å². The van der Waals surface area contributed by atoms with Crippen LogP contribution in [0.4, 0.5) is 35.0 Å². The fourth-order valence-electron chi connectivity index (χ4n) is 4.17. The van der Waals surface area contributed by atoms with E-state index in [9.17, 15) is 22.8 Å². The zero-order chi connectivity index (χ0) is 22.9. The van der Waals surface area contributed by atoms with E-state index in [1.807, 2.05) is 30.3 Å². The SMILES string of the molecule is Nc1ccc(OC(F)(F)F)cc1NC(=O)C1CCC2(CC1)CN(c1ccccc1)C(=O)O2.[HH]. The molecule has 2 fully saturated rings. The summed E-state index contributed by atoms with van der Waals surface area (Å²) in [5, 5.41) is 2.60. The van der Waals surface area contributed by atoms with Gasteiger partial charge >= 0.3 is 12.5 Å². The number of ether oxygens (including phenoxy) is 2. The monoisotopic (exact) mass is 451 g/mol. The third-order valence-electron chi connectivity index (χ3n) is 5.82. The molecular formula is C22H24F3N3O4. The van der Waals surface area contributed by atoms with Crippen molar-refractivity contribution in [3.05, 3.63) is 48.5 Å². The number of alkyl halides is 3. The highest BCUT2D eigenvalue weighted by Crippen LogP contribution is 2.41. The summed E-state index contributed by atoms with van der Waals surface area (Å²) in [6.07, 6.45) is -3.30. The van der Waals surface area contributed by atoms with Gasteiger partial charge in [0.15, 0.2) is 0 Å². The lowest BCUT2D eigenvalue weighted by molar-refractivity contribution is -0.274. The number of halogens is 3. The first kappa shape index (κ1) is 21.8. The highest BCUT2D eigenvalue weighted by molar-refractivity contribution is 5.96.